The van der Waals surface area contributed by atoms with Gasteiger partial charge in [0, 0.05) is 18.7 Å². The zero-order valence-corrected chi connectivity index (χ0v) is 16.9. The Kier molecular flexibility index (Phi) is 6.44. The van der Waals surface area contributed by atoms with E-state index in [2.05, 4.69) is 10.7 Å². The van der Waals surface area contributed by atoms with Gasteiger partial charge < -0.3 is 14.8 Å². The second-order valence-corrected chi connectivity index (χ2v) is 7.11. The van der Waals surface area contributed by atoms with Crippen molar-refractivity contribution in [3.63, 3.8) is 0 Å². The molecule has 1 aliphatic heterocycles. The largest absolute Gasteiger partial charge is 0.454 e. The molecule has 1 aliphatic rings. The fourth-order valence-corrected chi connectivity index (χ4v) is 3.26. The van der Waals surface area contributed by atoms with Crippen LogP contribution >= 0.6 is 0 Å². The number of hydrogen-bond donors (Lipinski definition) is 2. The topological polar surface area (TPSA) is 79.9 Å². The van der Waals surface area contributed by atoms with Crippen molar-refractivity contribution in [3.05, 3.63) is 95.6 Å². The lowest BCUT2D eigenvalue weighted by atomic mass is 10.2. The molecule has 0 aromatic heterocycles. The molecular weight excluding hydrogens is 394 g/mol. The molecule has 7 heteroatoms. The molecule has 2 N–H and O–H groups in total. The van der Waals surface area contributed by atoms with Gasteiger partial charge in [0.1, 0.15) is 0 Å². The van der Waals surface area contributed by atoms with Gasteiger partial charge in [-0.3, -0.25) is 15.0 Å². The van der Waals surface area contributed by atoms with E-state index in [-0.39, 0.29) is 25.2 Å². The van der Waals surface area contributed by atoms with Crippen LogP contribution in [-0.2, 0) is 17.9 Å². The van der Waals surface area contributed by atoms with Gasteiger partial charge in [-0.05, 0) is 29.3 Å². The number of nitrogens with one attached hydrogen (secondary N) is 2. The van der Waals surface area contributed by atoms with Crippen LogP contribution in [0.1, 0.15) is 21.5 Å². The number of fused-ring (bicyclic) bond motifs is 1. The molecule has 0 spiro atoms. The van der Waals surface area contributed by atoms with E-state index in [0.717, 1.165) is 11.1 Å². The van der Waals surface area contributed by atoms with Crippen LogP contribution in [0.2, 0.25) is 0 Å². The summed E-state index contributed by atoms with van der Waals surface area (Å²) < 4.78 is 10.5. The van der Waals surface area contributed by atoms with E-state index < -0.39 is 0 Å². The molecule has 158 valence electrons. The number of benzene rings is 3. The highest BCUT2D eigenvalue weighted by atomic mass is 16.7. The van der Waals surface area contributed by atoms with Crippen LogP contribution < -0.4 is 20.2 Å². The maximum absolute atomic E-state index is 12.5. The van der Waals surface area contributed by atoms with E-state index >= 15 is 0 Å². The predicted molar refractivity (Wildman–Crippen MR) is 115 cm³/mol. The molecule has 0 fully saturated rings. The van der Waals surface area contributed by atoms with Crippen LogP contribution in [0.5, 0.6) is 11.5 Å². The molecule has 7 nitrogen and oxygen atoms in total. The molecular formula is C24H23N3O4. The average molecular weight is 417 g/mol. The third-order valence-electron chi connectivity index (χ3n) is 4.76. The number of carbonyl (C=O) groups is 2. The van der Waals surface area contributed by atoms with Crippen molar-refractivity contribution in [2.75, 3.05) is 13.3 Å². The number of hydrazine groups is 1. The maximum atomic E-state index is 12.5. The van der Waals surface area contributed by atoms with Gasteiger partial charge in [-0.1, -0.05) is 60.7 Å². The SMILES string of the molecule is O=C(CNC(=O)c1ccc2c(c1)OCO2)NN(Cc1ccccc1)Cc1ccccc1. The summed E-state index contributed by atoms with van der Waals surface area (Å²) in [5.74, 6) is 0.466. The summed E-state index contributed by atoms with van der Waals surface area (Å²) in [6.07, 6.45) is 0. The van der Waals surface area contributed by atoms with Crippen LogP contribution in [0.4, 0.5) is 0 Å². The van der Waals surface area contributed by atoms with Gasteiger partial charge in [0.25, 0.3) is 11.8 Å². The number of ether oxygens (including phenoxy) is 2. The molecule has 0 aliphatic carbocycles. The van der Waals surface area contributed by atoms with Gasteiger partial charge >= 0.3 is 0 Å². The number of amides is 2. The molecule has 3 aromatic carbocycles. The molecule has 31 heavy (non-hydrogen) atoms. The summed E-state index contributed by atoms with van der Waals surface area (Å²) in [6, 6.07) is 24.7. The Labute approximate surface area is 180 Å². The van der Waals surface area contributed by atoms with Crippen molar-refractivity contribution in [2.24, 2.45) is 0 Å². The predicted octanol–water partition coefficient (Wildman–Crippen LogP) is 2.88. The monoisotopic (exact) mass is 417 g/mol. The first-order valence-electron chi connectivity index (χ1n) is 9.97. The van der Waals surface area contributed by atoms with Gasteiger partial charge in [-0.25, -0.2) is 5.01 Å². The lowest BCUT2D eigenvalue weighted by molar-refractivity contribution is -0.125. The van der Waals surface area contributed by atoms with Gasteiger partial charge in [-0.2, -0.15) is 0 Å². The van der Waals surface area contributed by atoms with E-state index in [0.29, 0.717) is 30.2 Å². The Morgan fingerprint density at radius 3 is 2.06 bits per heavy atom. The Balaban J connectivity index is 1.35. The number of rotatable bonds is 8. The fourth-order valence-electron chi connectivity index (χ4n) is 3.26. The van der Waals surface area contributed by atoms with E-state index in [9.17, 15) is 9.59 Å². The van der Waals surface area contributed by atoms with Crippen LogP contribution in [0.15, 0.2) is 78.9 Å². The summed E-state index contributed by atoms with van der Waals surface area (Å²) in [6.45, 7) is 1.07. The summed E-state index contributed by atoms with van der Waals surface area (Å²) in [5.41, 5.74) is 5.45. The second kappa shape index (κ2) is 9.77. The van der Waals surface area contributed by atoms with Crippen molar-refractivity contribution >= 4 is 11.8 Å². The lowest BCUT2D eigenvalue weighted by Crippen LogP contribution is -2.46. The zero-order valence-electron chi connectivity index (χ0n) is 16.9. The summed E-state index contributed by atoms with van der Waals surface area (Å²) >= 11 is 0. The Bertz CT molecular complexity index is 1000. The number of nitrogens with zero attached hydrogens (tertiary/aromatic N) is 1. The van der Waals surface area contributed by atoms with Crippen LogP contribution in [-0.4, -0.2) is 30.2 Å². The van der Waals surface area contributed by atoms with Crippen molar-refractivity contribution in [1.29, 1.82) is 0 Å². The van der Waals surface area contributed by atoms with Gasteiger partial charge in [0.15, 0.2) is 11.5 Å². The first-order valence-corrected chi connectivity index (χ1v) is 9.97. The minimum Gasteiger partial charge on any atom is -0.454 e. The second-order valence-electron chi connectivity index (χ2n) is 7.11. The van der Waals surface area contributed by atoms with Gasteiger partial charge in [0.2, 0.25) is 6.79 Å². The highest BCUT2D eigenvalue weighted by molar-refractivity contribution is 5.97. The van der Waals surface area contributed by atoms with E-state index in [1.165, 1.54) is 0 Å². The molecule has 2 amide bonds. The third-order valence-corrected chi connectivity index (χ3v) is 4.76. The van der Waals surface area contributed by atoms with Gasteiger partial charge in [0.05, 0.1) is 6.54 Å². The Morgan fingerprint density at radius 1 is 0.806 bits per heavy atom. The molecule has 0 radical (unpaired) electrons. The molecule has 4 rings (SSSR count). The average Bonchev–Trinajstić information content (AvgIpc) is 3.27. The van der Waals surface area contributed by atoms with Crippen molar-refractivity contribution < 1.29 is 19.1 Å². The lowest BCUT2D eigenvalue weighted by Gasteiger charge is -2.23. The van der Waals surface area contributed by atoms with E-state index in [4.69, 9.17) is 9.47 Å². The number of carbonyl (C=O) groups excluding carboxylic acids is 2. The van der Waals surface area contributed by atoms with Gasteiger partial charge in [-0.15, -0.1) is 0 Å². The van der Waals surface area contributed by atoms with Crippen LogP contribution in [0, 0.1) is 0 Å². The molecule has 0 saturated heterocycles. The molecule has 1 heterocycles. The minimum atomic E-state index is -0.355. The standard InChI is InChI=1S/C24H23N3O4/c28-23(14-25-24(29)20-11-12-21-22(13-20)31-17-30-21)26-27(15-18-7-3-1-4-8-18)16-19-9-5-2-6-10-19/h1-13H,14-17H2,(H,25,29)(H,26,28). The quantitative estimate of drug-likeness (QED) is 0.551. The highest BCUT2D eigenvalue weighted by Gasteiger charge is 2.17. The molecule has 0 atom stereocenters. The summed E-state index contributed by atoms with van der Waals surface area (Å²) in [4.78, 5) is 25.0. The summed E-state index contributed by atoms with van der Waals surface area (Å²) in [7, 11) is 0. The molecule has 0 saturated carbocycles. The fraction of sp³-hybridized carbons (Fsp3) is 0.167. The first-order chi connectivity index (χ1) is 15.2. The third kappa shape index (κ3) is 5.61. The van der Waals surface area contributed by atoms with E-state index in [1.807, 2.05) is 65.7 Å². The normalized spacial score (nSPS) is 11.9. The number of hydrogen-bond acceptors (Lipinski definition) is 5. The minimum absolute atomic E-state index is 0.140. The molecule has 0 bridgehead atoms. The molecule has 3 aromatic rings. The maximum Gasteiger partial charge on any atom is 0.253 e. The van der Waals surface area contributed by atoms with Crippen molar-refractivity contribution in [3.8, 4) is 11.5 Å². The Hall–Kier alpha value is -3.84. The van der Waals surface area contributed by atoms with Crippen molar-refractivity contribution in [1.82, 2.24) is 15.8 Å². The first kappa shape index (κ1) is 20.4. The van der Waals surface area contributed by atoms with Crippen LogP contribution in [0.3, 0.4) is 0 Å². The van der Waals surface area contributed by atoms with Crippen LogP contribution in [0.25, 0.3) is 0 Å². The van der Waals surface area contributed by atoms with Crippen molar-refractivity contribution in [2.45, 2.75) is 13.1 Å². The highest BCUT2D eigenvalue weighted by Crippen LogP contribution is 2.32. The zero-order chi connectivity index (χ0) is 21.5. The Morgan fingerprint density at radius 2 is 1.42 bits per heavy atom. The smallest absolute Gasteiger partial charge is 0.253 e. The summed E-state index contributed by atoms with van der Waals surface area (Å²) in [5, 5.41) is 4.48. The molecule has 0 unspecified atom stereocenters. The van der Waals surface area contributed by atoms with E-state index in [1.54, 1.807) is 18.2 Å².